The molecule has 0 amide bonds. The lowest BCUT2D eigenvalue weighted by atomic mass is 10.3. The van der Waals surface area contributed by atoms with Gasteiger partial charge in [-0.15, -0.1) is 22.7 Å². The molecule has 2 aromatic heterocycles. The summed E-state index contributed by atoms with van der Waals surface area (Å²) in [5.41, 5.74) is 0.591. The maximum absolute atomic E-state index is 9.64. The Morgan fingerprint density at radius 2 is 1.84 bits per heavy atom. The molecule has 4 heteroatoms. The Morgan fingerprint density at radius 3 is 2.63 bits per heavy atom. The fraction of sp³-hybridized carbons (Fsp3) is 0. The SMILES string of the molecule is Oc1ccccc1N=Cc1ccc(-c2cccs2)s1. The summed E-state index contributed by atoms with van der Waals surface area (Å²) >= 11 is 3.43. The van der Waals surface area contributed by atoms with Crippen LogP contribution in [-0.4, -0.2) is 11.3 Å². The van der Waals surface area contributed by atoms with Crippen molar-refractivity contribution < 1.29 is 5.11 Å². The molecule has 3 aromatic rings. The average Bonchev–Trinajstić information content (AvgIpc) is 3.09. The molecule has 0 bridgehead atoms. The molecule has 94 valence electrons. The molecule has 0 unspecified atom stereocenters. The second kappa shape index (κ2) is 5.38. The van der Waals surface area contributed by atoms with Crippen molar-refractivity contribution in [1.82, 2.24) is 0 Å². The van der Waals surface area contributed by atoms with Gasteiger partial charge in [0.25, 0.3) is 0 Å². The quantitative estimate of drug-likeness (QED) is 0.680. The molecule has 0 aliphatic heterocycles. The van der Waals surface area contributed by atoms with Crippen LogP contribution in [0, 0.1) is 0 Å². The van der Waals surface area contributed by atoms with E-state index >= 15 is 0 Å². The van der Waals surface area contributed by atoms with Crippen LogP contribution in [-0.2, 0) is 0 Å². The maximum Gasteiger partial charge on any atom is 0.141 e. The molecule has 0 spiro atoms. The van der Waals surface area contributed by atoms with Gasteiger partial charge in [-0.3, -0.25) is 4.99 Å². The van der Waals surface area contributed by atoms with Crippen LogP contribution < -0.4 is 0 Å². The second-order valence-electron chi connectivity index (χ2n) is 3.93. The van der Waals surface area contributed by atoms with Gasteiger partial charge in [-0.05, 0) is 35.7 Å². The fourth-order valence-corrected chi connectivity index (χ4v) is 3.39. The lowest BCUT2D eigenvalue weighted by Gasteiger charge is -1.95. The molecule has 2 nitrogen and oxygen atoms in total. The van der Waals surface area contributed by atoms with E-state index in [1.165, 1.54) is 9.75 Å². The summed E-state index contributed by atoms with van der Waals surface area (Å²) in [4.78, 5) is 7.90. The van der Waals surface area contributed by atoms with Crippen LogP contribution in [0.2, 0.25) is 0 Å². The van der Waals surface area contributed by atoms with Crippen molar-refractivity contribution in [2.45, 2.75) is 0 Å². The lowest BCUT2D eigenvalue weighted by molar-refractivity contribution is 0.477. The summed E-state index contributed by atoms with van der Waals surface area (Å²) in [6.45, 7) is 0. The van der Waals surface area contributed by atoms with E-state index in [1.807, 2.05) is 12.1 Å². The Labute approximate surface area is 119 Å². The Balaban J connectivity index is 1.83. The van der Waals surface area contributed by atoms with Crippen molar-refractivity contribution in [3.05, 3.63) is 58.8 Å². The first-order chi connectivity index (χ1) is 9.33. The number of aromatic hydroxyl groups is 1. The predicted molar refractivity (Wildman–Crippen MR) is 83.0 cm³/mol. The average molecular weight is 285 g/mol. The van der Waals surface area contributed by atoms with Gasteiger partial charge >= 0.3 is 0 Å². The molecule has 0 radical (unpaired) electrons. The van der Waals surface area contributed by atoms with Gasteiger partial charge < -0.3 is 5.11 Å². The first kappa shape index (κ1) is 12.1. The highest BCUT2D eigenvalue weighted by atomic mass is 32.1. The van der Waals surface area contributed by atoms with Gasteiger partial charge in [0.15, 0.2) is 0 Å². The van der Waals surface area contributed by atoms with Gasteiger partial charge in [-0.2, -0.15) is 0 Å². The number of thiophene rings is 2. The number of phenols is 1. The summed E-state index contributed by atoms with van der Waals surface area (Å²) in [5.74, 6) is 0.203. The highest BCUT2D eigenvalue weighted by Gasteiger charge is 2.02. The molecule has 0 fully saturated rings. The van der Waals surface area contributed by atoms with E-state index in [4.69, 9.17) is 0 Å². The molecule has 0 saturated carbocycles. The molecular formula is C15H11NOS2. The Kier molecular flexibility index (Phi) is 3.44. The number of benzene rings is 1. The van der Waals surface area contributed by atoms with E-state index in [-0.39, 0.29) is 5.75 Å². The van der Waals surface area contributed by atoms with Crippen LogP contribution in [0.5, 0.6) is 5.75 Å². The number of phenolic OH excluding ortho intramolecular Hbond substituents is 1. The highest BCUT2D eigenvalue weighted by Crippen LogP contribution is 2.31. The minimum atomic E-state index is 0.203. The lowest BCUT2D eigenvalue weighted by Crippen LogP contribution is -1.72. The molecule has 1 aromatic carbocycles. The largest absolute Gasteiger partial charge is 0.506 e. The molecular weight excluding hydrogens is 274 g/mol. The summed E-state index contributed by atoms with van der Waals surface area (Å²) in [5, 5.41) is 11.7. The van der Waals surface area contributed by atoms with Crippen LogP contribution in [0.3, 0.4) is 0 Å². The molecule has 0 saturated heterocycles. The standard InChI is InChI=1S/C15H11NOS2/c17-13-5-2-1-4-12(13)16-10-11-7-8-15(19-11)14-6-3-9-18-14/h1-10,17H. The minimum absolute atomic E-state index is 0.203. The van der Waals surface area contributed by atoms with Gasteiger partial charge in [0.1, 0.15) is 11.4 Å². The Hall–Kier alpha value is -1.91. The molecule has 19 heavy (non-hydrogen) atoms. The zero-order valence-corrected chi connectivity index (χ0v) is 11.6. The van der Waals surface area contributed by atoms with Crippen LogP contribution in [0.15, 0.2) is 58.9 Å². The number of hydrogen-bond acceptors (Lipinski definition) is 4. The number of para-hydroxylation sites is 2. The zero-order valence-electron chi connectivity index (χ0n) is 9.98. The molecule has 1 N–H and O–H groups in total. The molecule has 0 atom stereocenters. The van der Waals surface area contributed by atoms with Crippen LogP contribution >= 0.6 is 22.7 Å². The van der Waals surface area contributed by atoms with Crippen molar-refractivity contribution in [2.24, 2.45) is 4.99 Å². The predicted octanol–water partition coefficient (Wildman–Crippen LogP) is 4.93. The molecule has 0 aliphatic rings. The smallest absolute Gasteiger partial charge is 0.141 e. The number of aliphatic imine (C=N–C) groups is 1. The van der Waals surface area contributed by atoms with Crippen LogP contribution in [0.1, 0.15) is 4.88 Å². The number of hydrogen-bond donors (Lipinski definition) is 1. The van der Waals surface area contributed by atoms with Gasteiger partial charge in [0.2, 0.25) is 0 Å². The van der Waals surface area contributed by atoms with E-state index in [9.17, 15) is 5.11 Å². The van der Waals surface area contributed by atoms with Crippen molar-refractivity contribution in [3.63, 3.8) is 0 Å². The third-order valence-corrected chi connectivity index (χ3v) is 4.69. The van der Waals surface area contributed by atoms with Gasteiger partial charge in [-0.1, -0.05) is 18.2 Å². The van der Waals surface area contributed by atoms with E-state index in [1.54, 1.807) is 47.1 Å². The normalized spacial score (nSPS) is 11.2. The first-order valence-corrected chi connectivity index (χ1v) is 7.48. The molecule has 0 aliphatic carbocycles. The van der Waals surface area contributed by atoms with E-state index in [0.29, 0.717) is 5.69 Å². The Morgan fingerprint density at radius 1 is 0.947 bits per heavy atom. The van der Waals surface area contributed by atoms with Gasteiger partial charge in [0, 0.05) is 20.8 Å². The van der Waals surface area contributed by atoms with Crippen LogP contribution in [0.4, 0.5) is 5.69 Å². The van der Waals surface area contributed by atoms with Crippen molar-refractivity contribution in [2.75, 3.05) is 0 Å². The molecule has 2 heterocycles. The summed E-state index contributed by atoms with van der Waals surface area (Å²) in [6.07, 6.45) is 1.79. The molecule has 3 rings (SSSR count). The second-order valence-corrected chi connectivity index (χ2v) is 5.99. The van der Waals surface area contributed by atoms with E-state index in [2.05, 4.69) is 28.6 Å². The van der Waals surface area contributed by atoms with E-state index < -0.39 is 0 Å². The fourth-order valence-electron chi connectivity index (χ4n) is 1.68. The van der Waals surface area contributed by atoms with Gasteiger partial charge in [-0.25, -0.2) is 0 Å². The third kappa shape index (κ3) is 2.75. The van der Waals surface area contributed by atoms with Crippen molar-refractivity contribution in [1.29, 1.82) is 0 Å². The van der Waals surface area contributed by atoms with Gasteiger partial charge in [0.05, 0.1) is 0 Å². The summed E-state index contributed by atoms with van der Waals surface area (Å²) in [6, 6.07) is 15.4. The topological polar surface area (TPSA) is 32.6 Å². The highest BCUT2D eigenvalue weighted by molar-refractivity contribution is 7.22. The summed E-state index contributed by atoms with van der Waals surface area (Å²) < 4.78 is 0. The van der Waals surface area contributed by atoms with Crippen LogP contribution in [0.25, 0.3) is 9.75 Å². The van der Waals surface area contributed by atoms with E-state index in [0.717, 1.165) is 4.88 Å². The van der Waals surface area contributed by atoms with Crippen molar-refractivity contribution >= 4 is 34.6 Å². The van der Waals surface area contributed by atoms with Crippen molar-refractivity contribution in [3.8, 4) is 15.5 Å². The first-order valence-electron chi connectivity index (χ1n) is 5.79. The zero-order chi connectivity index (χ0) is 13.1. The summed E-state index contributed by atoms with van der Waals surface area (Å²) in [7, 11) is 0. The number of nitrogens with zero attached hydrogens (tertiary/aromatic N) is 1. The monoisotopic (exact) mass is 285 g/mol. The number of rotatable bonds is 3. The minimum Gasteiger partial charge on any atom is -0.506 e. The third-order valence-electron chi connectivity index (χ3n) is 2.60. The Bertz CT molecular complexity index is 699. The maximum atomic E-state index is 9.64.